The van der Waals surface area contributed by atoms with E-state index >= 15 is 0 Å². The second-order valence-corrected chi connectivity index (χ2v) is 4.52. The van der Waals surface area contributed by atoms with Crippen LogP contribution in [0.2, 0.25) is 0 Å². The van der Waals surface area contributed by atoms with Crippen molar-refractivity contribution >= 4 is 5.91 Å². The molecule has 0 unspecified atom stereocenters. The van der Waals surface area contributed by atoms with Gasteiger partial charge in [-0.1, -0.05) is 13.8 Å². The second kappa shape index (κ2) is 4.87. The molecular weight excluding hydrogens is 242 g/mol. The number of hydrogen-bond acceptors (Lipinski definition) is 3. The van der Waals surface area contributed by atoms with Crippen molar-refractivity contribution in [1.29, 1.82) is 0 Å². The molecule has 0 saturated carbocycles. The fourth-order valence-electron chi connectivity index (χ4n) is 2.26. The molecule has 0 atom stereocenters. The quantitative estimate of drug-likeness (QED) is 0.896. The Morgan fingerprint density at radius 2 is 2.00 bits per heavy atom. The standard InChI is InChI=1S/C13H19N5O/c1-5-9-7-10(6-2)18(16-9)13-11(12(14)19)8(3)15-17(13)4/h7H,5-6H2,1-4H3,(H2,14,19). The summed E-state index contributed by atoms with van der Waals surface area (Å²) in [7, 11) is 1.79. The first kappa shape index (κ1) is 13.3. The third kappa shape index (κ3) is 2.14. The van der Waals surface area contributed by atoms with E-state index in [0.29, 0.717) is 17.1 Å². The van der Waals surface area contributed by atoms with Gasteiger partial charge in [0, 0.05) is 12.7 Å². The summed E-state index contributed by atoms with van der Waals surface area (Å²) >= 11 is 0. The van der Waals surface area contributed by atoms with Gasteiger partial charge in [0.15, 0.2) is 5.82 Å². The number of aromatic nitrogens is 4. The van der Waals surface area contributed by atoms with Gasteiger partial charge in [0.1, 0.15) is 5.56 Å². The minimum absolute atomic E-state index is 0.433. The number of carbonyl (C=O) groups is 1. The number of nitrogens with two attached hydrogens (primary N) is 1. The first-order chi connectivity index (χ1) is 8.99. The lowest BCUT2D eigenvalue weighted by Gasteiger charge is -2.07. The first-order valence-electron chi connectivity index (χ1n) is 6.41. The maximum Gasteiger partial charge on any atom is 0.254 e. The highest BCUT2D eigenvalue weighted by molar-refractivity contribution is 5.97. The SMILES string of the molecule is CCc1cc(CC)n(-c2c(C(N)=O)c(C)nn2C)n1. The fourth-order valence-corrected chi connectivity index (χ4v) is 2.26. The summed E-state index contributed by atoms with van der Waals surface area (Å²) in [6.07, 6.45) is 1.68. The van der Waals surface area contributed by atoms with E-state index < -0.39 is 5.91 Å². The Labute approximate surface area is 112 Å². The van der Waals surface area contributed by atoms with Crippen LogP contribution in [0.15, 0.2) is 6.07 Å². The van der Waals surface area contributed by atoms with Crippen molar-refractivity contribution in [2.24, 2.45) is 12.8 Å². The number of rotatable bonds is 4. The van der Waals surface area contributed by atoms with Gasteiger partial charge in [0.2, 0.25) is 0 Å². The third-order valence-corrected chi connectivity index (χ3v) is 3.20. The highest BCUT2D eigenvalue weighted by Crippen LogP contribution is 2.20. The van der Waals surface area contributed by atoms with Gasteiger partial charge in [-0.25, -0.2) is 9.36 Å². The van der Waals surface area contributed by atoms with Crippen LogP contribution in [0.3, 0.4) is 0 Å². The average molecular weight is 261 g/mol. The van der Waals surface area contributed by atoms with Crippen molar-refractivity contribution in [2.45, 2.75) is 33.6 Å². The summed E-state index contributed by atoms with van der Waals surface area (Å²) < 4.78 is 3.43. The van der Waals surface area contributed by atoms with Gasteiger partial charge in [-0.05, 0) is 25.8 Å². The molecule has 0 aliphatic rings. The minimum Gasteiger partial charge on any atom is -0.365 e. The lowest BCUT2D eigenvalue weighted by atomic mass is 10.2. The number of amides is 1. The lowest BCUT2D eigenvalue weighted by molar-refractivity contribution is 0.0999. The van der Waals surface area contributed by atoms with Gasteiger partial charge in [-0.2, -0.15) is 10.2 Å². The zero-order valence-corrected chi connectivity index (χ0v) is 11.8. The minimum atomic E-state index is -0.476. The first-order valence-corrected chi connectivity index (χ1v) is 6.41. The topological polar surface area (TPSA) is 78.7 Å². The predicted octanol–water partition coefficient (Wildman–Crippen LogP) is 1.14. The molecule has 0 aromatic carbocycles. The Morgan fingerprint density at radius 1 is 1.32 bits per heavy atom. The highest BCUT2D eigenvalue weighted by Gasteiger charge is 2.22. The van der Waals surface area contributed by atoms with Gasteiger partial charge < -0.3 is 5.73 Å². The van der Waals surface area contributed by atoms with Crippen LogP contribution >= 0.6 is 0 Å². The van der Waals surface area contributed by atoms with Crippen LogP contribution in [0.1, 0.15) is 41.3 Å². The molecule has 0 radical (unpaired) electrons. The maximum atomic E-state index is 11.6. The number of nitrogens with zero attached hydrogens (tertiary/aromatic N) is 4. The molecule has 0 saturated heterocycles. The van der Waals surface area contributed by atoms with Crippen molar-refractivity contribution in [3.63, 3.8) is 0 Å². The second-order valence-electron chi connectivity index (χ2n) is 4.52. The third-order valence-electron chi connectivity index (χ3n) is 3.20. The summed E-state index contributed by atoms with van der Waals surface area (Å²) in [5, 5.41) is 8.81. The van der Waals surface area contributed by atoms with E-state index in [-0.39, 0.29) is 0 Å². The zero-order valence-electron chi connectivity index (χ0n) is 11.8. The van der Waals surface area contributed by atoms with Crippen molar-refractivity contribution in [3.05, 3.63) is 28.7 Å². The Hall–Kier alpha value is -2.11. The van der Waals surface area contributed by atoms with Crippen LogP contribution in [0.25, 0.3) is 5.82 Å². The Bertz CT molecular complexity index is 623. The van der Waals surface area contributed by atoms with Crippen LogP contribution in [0.4, 0.5) is 0 Å². The molecule has 2 aromatic rings. The smallest absolute Gasteiger partial charge is 0.254 e. The van der Waals surface area contributed by atoms with Crippen LogP contribution in [-0.2, 0) is 19.9 Å². The molecule has 102 valence electrons. The molecule has 2 aromatic heterocycles. The van der Waals surface area contributed by atoms with Crippen molar-refractivity contribution in [3.8, 4) is 5.82 Å². The fraction of sp³-hybridized carbons (Fsp3) is 0.462. The summed E-state index contributed by atoms with van der Waals surface area (Å²) in [6.45, 7) is 5.88. The monoisotopic (exact) mass is 261 g/mol. The van der Waals surface area contributed by atoms with E-state index in [1.807, 2.05) is 6.07 Å². The number of carbonyl (C=O) groups excluding carboxylic acids is 1. The van der Waals surface area contributed by atoms with E-state index in [9.17, 15) is 4.79 Å². The molecule has 2 N–H and O–H groups in total. The van der Waals surface area contributed by atoms with Crippen LogP contribution < -0.4 is 5.73 Å². The van der Waals surface area contributed by atoms with Gasteiger partial charge in [0.25, 0.3) is 5.91 Å². The maximum absolute atomic E-state index is 11.6. The van der Waals surface area contributed by atoms with E-state index in [1.54, 1.807) is 23.3 Å². The van der Waals surface area contributed by atoms with Gasteiger partial charge in [-0.15, -0.1) is 0 Å². The largest absolute Gasteiger partial charge is 0.365 e. The lowest BCUT2D eigenvalue weighted by Crippen LogP contribution is -2.17. The Balaban J connectivity index is 2.71. The number of hydrogen-bond donors (Lipinski definition) is 1. The van der Waals surface area contributed by atoms with E-state index in [1.165, 1.54) is 0 Å². The average Bonchev–Trinajstić information content (AvgIpc) is 2.88. The predicted molar refractivity (Wildman–Crippen MR) is 72.3 cm³/mol. The molecule has 6 nitrogen and oxygen atoms in total. The van der Waals surface area contributed by atoms with E-state index in [2.05, 4.69) is 24.0 Å². The van der Waals surface area contributed by atoms with Gasteiger partial charge >= 0.3 is 0 Å². The van der Waals surface area contributed by atoms with Gasteiger partial charge in [-0.3, -0.25) is 4.79 Å². The van der Waals surface area contributed by atoms with Crippen molar-refractivity contribution in [1.82, 2.24) is 19.6 Å². The number of aryl methyl sites for hydroxylation is 4. The summed E-state index contributed by atoms with van der Waals surface area (Å²) in [5.41, 5.74) is 8.56. The summed E-state index contributed by atoms with van der Waals surface area (Å²) in [6, 6.07) is 2.05. The molecule has 0 bridgehead atoms. The molecule has 0 aliphatic carbocycles. The van der Waals surface area contributed by atoms with E-state index in [0.717, 1.165) is 24.2 Å². The molecule has 19 heavy (non-hydrogen) atoms. The highest BCUT2D eigenvalue weighted by atomic mass is 16.1. The molecule has 2 heterocycles. The molecule has 0 aliphatic heterocycles. The van der Waals surface area contributed by atoms with Crippen molar-refractivity contribution in [2.75, 3.05) is 0 Å². The molecule has 0 spiro atoms. The van der Waals surface area contributed by atoms with Crippen LogP contribution in [-0.4, -0.2) is 25.5 Å². The van der Waals surface area contributed by atoms with E-state index in [4.69, 9.17) is 5.73 Å². The Morgan fingerprint density at radius 3 is 2.53 bits per heavy atom. The van der Waals surface area contributed by atoms with Gasteiger partial charge in [0.05, 0.1) is 11.4 Å². The number of primary amides is 1. The molecule has 6 heteroatoms. The zero-order chi connectivity index (χ0) is 14.2. The molecular formula is C13H19N5O. The van der Waals surface area contributed by atoms with Crippen LogP contribution in [0, 0.1) is 6.92 Å². The normalized spacial score (nSPS) is 10.9. The van der Waals surface area contributed by atoms with Crippen molar-refractivity contribution < 1.29 is 4.79 Å². The Kier molecular flexibility index (Phi) is 3.42. The molecule has 1 amide bonds. The molecule has 0 fully saturated rings. The summed E-state index contributed by atoms with van der Waals surface area (Å²) in [5.74, 6) is 0.165. The van der Waals surface area contributed by atoms with Crippen LogP contribution in [0.5, 0.6) is 0 Å². The summed E-state index contributed by atoms with van der Waals surface area (Å²) in [4.78, 5) is 11.6. The molecule has 2 rings (SSSR count).